The van der Waals surface area contributed by atoms with Crippen molar-refractivity contribution in [3.05, 3.63) is 18.2 Å². The largest absolute Gasteiger partial charge is 0.378 e. The lowest BCUT2D eigenvalue weighted by Crippen LogP contribution is -2.37. The molecule has 1 aromatic rings. The number of nitrogens with zero attached hydrogens (tertiary/aromatic N) is 2. The molecule has 1 aromatic carbocycles. The Morgan fingerprint density at radius 1 is 1.17 bits per heavy atom. The summed E-state index contributed by atoms with van der Waals surface area (Å²) in [4.78, 5) is 15.1. The van der Waals surface area contributed by atoms with Crippen molar-refractivity contribution in [1.29, 1.82) is 0 Å². The summed E-state index contributed by atoms with van der Waals surface area (Å²) in [6.07, 6.45) is 5.07. The van der Waals surface area contributed by atoms with Crippen LogP contribution in [-0.4, -0.2) is 58.0 Å². The SMILES string of the molecule is CCN(CC)S(=O)(=O)c1ccc(N2CCOCC2)c(NC(=O)CC2CCCC2)c1. The van der Waals surface area contributed by atoms with Gasteiger partial charge in [-0.1, -0.05) is 26.7 Å². The highest BCUT2D eigenvalue weighted by molar-refractivity contribution is 7.89. The normalized spacial score (nSPS) is 18.4. The quantitative estimate of drug-likeness (QED) is 0.695. The predicted molar refractivity (Wildman–Crippen MR) is 115 cm³/mol. The third-order valence-corrected chi connectivity index (χ3v) is 7.93. The van der Waals surface area contributed by atoms with E-state index in [9.17, 15) is 13.2 Å². The number of carbonyl (C=O) groups excluding carboxylic acids is 1. The van der Waals surface area contributed by atoms with Gasteiger partial charge in [0.1, 0.15) is 0 Å². The van der Waals surface area contributed by atoms with E-state index in [0.29, 0.717) is 57.4 Å². The van der Waals surface area contributed by atoms with Crippen LogP contribution in [0.4, 0.5) is 11.4 Å². The van der Waals surface area contributed by atoms with Gasteiger partial charge in [0, 0.05) is 32.6 Å². The van der Waals surface area contributed by atoms with Crippen LogP contribution in [0.25, 0.3) is 0 Å². The van der Waals surface area contributed by atoms with E-state index in [0.717, 1.165) is 18.5 Å². The minimum Gasteiger partial charge on any atom is -0.378 e. The molecule has 1 amide bonds. The van der Waals surface area contributed by atoms with Gasteiger partial charge in [-0.05, 0) is 37.0 Å². The van der Waals surface area contributed by atoms with E-state index < -0.39 is 10.0 Å². The Hall–Kier alpha value is -1.64. The molecule has 0 bridgehead atoms. The fourth-order valence-electron chi connectivity index (χ4n) is 4.25. The molecule has 0 aromatic heterocycles. The summed E-state index contributed by atoms with van der Waals surface area (Å²) >= 11 is 0. The van der Waals surface area contributed by atoms with Crippen molar-refractivity contribution in [3.8, 4) is 0 Å². The summed E-state index contributed by atoms with van der Waals surface area (Å²) in [5, 5.41) is 3.02. The summed E-state index contributed by atoms with van der Waals surface area (Å²) in [6, 6.07) is 5.07. The van der Waals surface area contributed by atoms with Crippen LogP contribution in [-0.2, 0) is 19.6 Å². The molecule has 1 aliphatic heterocycles. The van der Waals surface area contributed by atoms with E-state index in [1.54, 1.807) is 12.1 Å². The van der Waals surface area contributed by atoms with E-state index in [2.05, 4.69) is 10.2 Å². The standard InChI is InChI=1S/C21H33N3O4S/c1-3-24(4-2)29(26,27)18-9-10-20(23-11-13-28-14-12-23)19(16-18)22-21(25)15-17-7-5-6-8-17/h9-10,16-17H,3-8,11-15H2,1-2H3,(H,22,25). The number of sulfonamides is 1. The lowest BCUT2D eigenvalue weighted by molar-refractivity contribution is -0.117. The Morgan fingerprint density at radius 2 is 1.83 bits per heavy atom. The fraction of sp³-hybridized carbons (Fsp3) is 0.667. The molecule has 162 valence electrons. The van der Waals surface area contributed by atoms with Crippen LogP contribution in [0.1, 0.15) is 46.0 Å². The molecule has 1 N–H and O–H groups in total. The molecule has 29 heavy (non-hydrogen) atoms. The number of carbonyl (C=O) groups is 1. The van der Waals surface area contributed by atoms with Crippen molar-refractivity contribution in [2.24, 2.45) is 5.92 Å². The molecule has 0 unspecified atom stereocenters. The molecule has 0 radical (unpaired) electrons. The minimum absolute atomic E-state index is 0.0382. The summed E-state index contributed by atoms with van der Waals surface area (Å²) in [6.45, 7) is 7.15. The molecule has 3 rings (SSSR count). The number of hydrogen-bond acceptors (Lipinski definition) is 5. The van der Waals surface area contributed by atoms with Crippen LogP contribution in [0.5, 0.6) is 0 Å². The molecular formula is C21H33N3O4S. The number of nitrogens with one attached hydrogen (secondary N) is 1. The van der Waals surface area contributed by atoms with E-state index >= 15 is 0 Å². The molecule has 0 spiro atoms. The molecule has 8 heteroatoms. The first kappa shape index (κ1) is 22.1. The number of anilines is 2. The van der Waals surface area contributed by atoms with Gasteiger partial charge in [0.15, 0.2) is 0 Å². The topological polar surface area (TPSA) is 79.0 Å². The van der Waals surface area contributed by atoms with Crippen molar-refractivity contribution in [2.75, 3.05) is 49.6 Å². The van der Waals surface area contributed by atoms with Crippen LogP contribution in [0.2, 0.25) is 0 Å². The van der Waals surface area contributed by atoms with E-state index in [1.165, 1.54) is 17.1 Å². The molecule has 1 saturated heterocycles. The van der Waals surface area contributed by atoms with Crippen molar-refractivity contribution in [1.82, 2.24) is 4.31 Å². The van der Waals surface area contributed by atoms with Gasteiger partial charge in [-0.3, -0.25) is 4.79 Å². The van der Waals surface area contributed by atoms with Gasteiger partial charge in [0.2, 0.25) is 15.9 Å². The van der Waals surface area contributed by atoms with Crippen LogP contribution in [0, 0.1) is 5.92 Å². The molecule has 1 aliphatic carbocycles. The zero-order valence-corrected chi connectivity index (χ0v) is 18.3. The maximum atomic E-state index is 13.0. The molecule has 1 heterocycles. The van der Waals surface area contributed by atoms with Gasteiger partial charge in [-0.15, -0.1) is 0 Å². The van der Waals surface area contributed by atoms with E-state index in [-0.39, 0.29) is 10.8 Å². The fourth-order valence-corrected chi connectivity index (χ4v) is 5.73. The van der Waals surface area contributed by atoms with Crippen LogP contribution >= 0.6 is 0 Å². The van der Waals surface area contributed by atoms with Gasteiger partial charge < -0.3 is 15.0 Å². The first-order valence-corrected chi connectivity index (χ1v) is 12.2. The smallest absolute Gasteiger partial charge is 0.243 e. The Morgan fingerprint density at radius 3 is 2.45 bits per heavy atom. The van der Waals surface area contributed by atoms with Gasteiger partial charge in [0.25, 0.3) is 0 Å². The summed E-state index contributed by atoms with van der Waals surface area (Å²) in [5.74, 6) is 0.397. The Labute approximate surface area is 174 Å². The number of rotatable bonds is 8. The third-order valence-electron chi connectivity index (χ3n) is 5.89. The second-order valence-electron chi connectivity index (χ2n) is 7.77. The number of ether oxygens (including phenoxy) is 1. The second-order valence-corrected chi connectivity index (χ2v) is 9.71. The molecule has 2 fully saturated rings. The molecular weight excluding hydrogens is 390 g/mol. The highest BCUT2D eigenvalue weighted by Gasteiger charge is 2.25. The molecule has 0 atom stereocenters. The lowest BCUT2D eigenvalue weighted by Gasteiger charge is -2.31. The average molecular weight is 424 g/mol. The van der Waals surface area contributed by atoms with Crippen molar-refractivity contribution >= 4 is 27.3 Å². The van der Waals surface area contributed by atoms with Crippen LogP contribution in [0.3, 0.4) is 0 Å². The zero-order valence-electron chi connectivity index (χ0n) is 17.5. The minimum atomic E-state index is -3.59. The Balaban J connectivity index is 1.89. The number of benzene rings is 1. The second kappa shape index (κ2) is 9.91. The summed E-state index contributed by atoms with van der Waals surface area (Å²) in [5.41, 5.74) is 1.43. The maximum absolute atomic E-state index is 13.0. The Bertz CT molecular complexity index is 796. The van der Waals surface area contributed by atoms with Crippen LogP contribution < -0.4 is 10.2 Å². The molecule has 1 saturated carbocycles. The van der Waals surface area contributed by atoms with Gasteiger partial charge in [-0.25, -0.2) is 8.42 Å². The first-order chi connectivity index (χ1) is 14.0. The lowest BCUT2D eigenvalue weighted by atomic mass is 10.0. The van der Waals surface area contributed by atoms with Crippen molar-refractivity contribution < 1.29 is 17.9 Å². The highest BCUT2D eigenvalue weighted by Crippen LogP contribution is 2.32. The van der Waals surface area contributed by atoms with Crippen molar-refractivity contribution in [3.63, 3.8) is 0 Å². The van der Waals surface area contributed by atoms with Gasteiger partial charge >= 0.3 is 0 Å². The maximum Gasteiger partial charge on any atom is 0.243 e. The Kier molecular flexibility index (Phi) is 7.54. The van der Waals surface area contributed by atoms with Crippen molar-refractivity contribution in [2.45, 2.75) is 50.8 Å². The first-order valence-electron chi connectivity index (χ1n) is 10.7. The number of amides is 1. The highest BCUT2D eigenvalue weighted by atomic mass is 32.2. The summed E-state index contributed by atoms with van der Waals surface area (Å²) in [7, 11) is -3.59. The van der Waals surface area contributed by atoms with E-state index in [4.69, 9.17) is 4.74 Å². The van der Waals surface area contributed by atoms with E-state index in [1.807, 2.05) is 19.9 Å². The van der Waals surface area contributed by atoms with Crippen LogP contribution in [0.15, 0.2) is 23.1 Å². The van der Waals surface area contributed by atoms with Gasteiger partial charge in [0.05, 0.1) is 29.5 Å². The number of hydrogen-bond donors (Lipinski definition) is 1. The predicted octanol–water partition coefficient (Wildman–Crippen LogP) is 3.07. The summed E-state index contributed by atoms with van der Waals surface area (Å²) < 4.78 is 32.8. The molecule has 2 aliphatic rings. The molecule has 7 nitrogen and oxygen atoms in total. The monoisotopic (exact) mass is 423 g/mol. The third kappa shape index (κ3) is 5.29. The zero-order chi connectivity index (χ0) is 20.9. The number of morpholine rings is 1. The van der Waals surface area contributed by atoms with Gasteiger partial charge in [-0.2, -0.15) is 4.31 Å². The average Bonchev–Trinajstić information content (AvgIpc) is 3.22.